The molecule has 2 N–H and O–H groups in total. The van der Waals surface area contributed by atoms with Crippen LogP contribution in [0.1, 0.15) is 11.1 Å². The average Bonchev–Trinajstić information content (AvgIpc) is 2.54. The van der Waals surface area contributed by atoms with E-state index in [1.807, 2.05) is 36.5 Å². The highest BCUT2D eigenvalue weighted by Gasteiger charge is 2.05. The lowest BCUT2D eigenvalue weighted by molar-refractivity contribution is -0.00000581. The molecule has 0 atom stereocenters. The van der Waals surface area contributed by atoms with E-state index in [4.69, 9.17) is 14.6 Å². The van der Waals surface area contributed by atoms with Crippen LogP contribution in [0.3, 0.4) is 0 Å². The number of nitrogens with zero attached hydrogens (tertiary/aromatic N) is 1. The molecule has 120 valence electrons. The minimum Gasteiger partial charge on any atom is -1.00 e. The van der Waals surface area contributed by atoms with Crippen LogP contribution >= 0.6 is 0 Å². The number of rotatable bonds is 8. The molecule has 0 aliphatic heterocycles. The molecule has 0 bridgehead atoms. The maximum Gasteiger partial charge on any atom is 0.161 e. The minimum atomic E-state index is -0.0163. The molecule has 5 nitrogen and oxygen atoms in total. The fourth-order valence-corrected chi connectivity index (χ4v) is 1.95. The summed E-state index contributed by atoms with van der Waals surface area (Å²) in [4.78, 5) is 4.08. The van der Waals surface area contributed by atoms with Gasteiger partial charge >= 0.3 is 0 Å². The first-order chi connectivity index (χ1) is 10.3. The summed E-state index contributed by atoms with van der Waals surface area (Å²) in [5, 5.41) is 12.1. The van der Waals surface area contributed by atoms with E-state index in [0.29, 0.717) is 11.5 Å². The molecule has 0 aliphatic carbocycles. The van der Waals surface area contributed by atoms with Crippen LogP contribution in [-0.4, -0.2) is 30.4 Å². The third-order valence-electron chi connectivity index (χ3n) is 2.96. The van der Waals surface area contributed by atoms with E-state index in [-0.39, 0.29) is 25.6 Å². The molecule has 0 amide bonds. The SMILES string of the molecule is COc1cc(CNCc2cccnc2)ccc1OCCO.[Cl-]. The molecule has 1 heterocycles. The van der Waals surface area contributed by atoms with Crippen molar-refractivity contribution in [1.82, 2.24) is 10.3 Å². The number of aliphatic hydroxyl groups excluding tert-OH is 1. The maximum absolute atomic E-state index is 8.79. The number of pyridine rings is 1. The largest absolute Gasteiger partial charge is 1.00 e. The van der Waals surface area contributed by atoms with Crippen LogP contribution < -0.4 is 27.2 Å². The molecule has 0 fully saturated rings. The summed E-state index contributed by atoms with van der Waals surface area (Å²) in [6.45, 7) is 1.73. The Morgan fingerprint density at radius 1 is 1.14 bits per heavy atom. The van der Waals surface area contributed by atoms with E-state index >= 15 is 0 Å². The number of halogens is 1. The number of hydrogen-bond donors (Lipinski definition) is 2. The minimum absolute atomic E-state index is 0. The third kappa shape index (κ3) is 5.52. The fourth-order valence-electron chi connectivity index (χ4n) is 1.95. The Labute approximate surface area is 136 Å². The lowest BCUT2D eigenvalue weighted by atomic mass is 10.2. The van der Waals surface area contributed by atoms with Gasteiger partial charge in [-0.3, -0.25) is 4.98 Å². The van der Waals surface area contributed by atoms with Crippen LogP contribution in [0.2, 0.25) is 0 Å². The highest BCUT2D eigenvalue weighted by molar-refractivity contribution is 5.42. The summed E-state index contributed by atoms with van der Waals surface area (Å²) < 4.78 is 10.7. The summed E-state index contributed by atoms with van der Waals surface area (Å²) in [7, 11) is 1.61. The smallest absolute Gasteiger partial charge is 0.161 e. The zero-order valence-corrected chi connectivity index (χ0v) is 13.2. The second-order valence-electron chi connectivity index (χ2n) is 4.52. The van der Waals surface area contributed by atoms with Crippen LogP contribution in [0.25, 0.3) is 0 Å². The number of ether oxygens (including phenoxy) is 2. The van der Waals surface area contributed by atoms with Gasteiger partial charge in [-0.25, -0.2) is 0 Å². The van der Waals surface area contributed by atoms with E-state index in [9.17, 15) is 0 Å². The fraction of sp³-hybridized carbons (Fsp3) is 0.312. The zero-order chi connectivity index (χ0) is 14.9. The van der Waals surface area contributed by atoms with Crippen molar-refractivity contribution in [3.05, 3.63) is 53.9 Å². The van der Waals surface area contributed by atoms with Crippen molar-refractivity contribution in [3.8, 4) is 11.5 Å². The van der Waals surface area contributed by atoms with Crippen LogP contribution in [0, 0.1) is 0 Å². The third-order valence-corrected chi connectivity index (χ3v) is 2.96. The predicted molar refractivity (Wildman–Crippen MR) is 80.4 cm³/mol. The Morgan fingerprint density at radius 3 is 2.64 bits per heavy atom. The maximum atomic E-state index is 8.79. The topological polar surface area (TPSA) is 63.6 Å². The standard InChI is InChI=1S/C16H20N2O3.ClH/c1-20-16-9-13(4-5-15(16)21-8-7-19)10-18-12-14-3-2-6-17-11-14;/h2-6,9,11,18-19H,7-8,10,12H2,1H3;1H/p-1. The molecule has 0 aliphatic rings. The van der Waals surface area contributed by atoms with Crippen molar-refractivity contribution >= 4 is 0 Å². The van der Waals surface area contributed by atoms with Gasteiger partial charge < -0.3 is 32.3 Å². The molecule has 6 heteroatoms. The van der Waals surface area contributed by atoms with Crippen LogP contribution in [0.15, 0.2) is 42.7 Å². The number of benzene rings is 1. The number of aromatic nitrogens is 1. The molecule has 0 saturated heterocycles. The number of methoxy groups -OCH3 is 1. The number of hydrogen-bond acceptors (Lipinski definition) is 5. The van der Waals surface area contributed by atoms with Crippen molar-refractivity contribution in [2.75, 3.05) is 20.3 Å². The molecule has 0 spiro atoms. The van der Waals surface area contributed by atoms with E-state index in [2.05, 4.69) is 10.3 Å². The van der Waals surface area contributed by atoms with Crippen molar-refractivity contribution in [2.45, 2.75) is 13.1 Å². The number of nitrogens with one attached hydrogen (secondary N) is 1. The van der Waals surface area contributed by atoms with Crippen LogP contribution in [0.4, 0.5) is 0 Å². The first-order valence-electron chi connectivity index (χ1n) is 6.83. The van der Waals surface area contributed by atoms with Gasteiger partial charge in [-0.15, -0.1) is 0 Å². The second kappa shape index (κ2) is 10.00. The van der Waals surface area contributed by atoms with Gasteiger partial charge in [0.25, 0.3) is 0 Å². The summed E-state index contributed by atoms with van der Waals surface area (Å²) in [5.74, 6) is 1.31. The second-order valence-corrected chi connectivity index (χ2v) is 4.52. The molecule has 1 aromatic heterocycles. The van der Waals surface area contributed by atoms with Crippen LogP contribution in [0.5, 0.6) is 11.5 Å². The summed E-state index contributed by atoms with van der Waals surface area (Å²) in [6, 6.07) is 9.73. The van der Waals surface area contributed by atoms with Crippen LogP contribution in [-0.2, 0) is 13.1 Å². The van der Waals surface area contributed by atoms with Gasteiger partial charge in [-0.2, -0.15) is 0 Å². The summed E-state index contributed by atoms with van der Waals surface area (Å²) in [5.41, 5.74) is 2.25. The van der Waals surface area contributed by atoms with Gasteiger partial charge in [0.1, 0.15) is 6.61 Å². The average molecular weight is 324 g/mol. The van der Waals surface area contributed by atoms with Gasteiger partial charge in [0.05, 0.1) is 13.7 Å². The predicted octanol–water partition coefficient (Wildman–Crippen LogP) is -1.24. The lowest BCUT2D eigenvalue weighted by Crippen LogP contribution is -3.00. The van der Waals surface area contributed by atoms with Gasteiger partial charge in [0, 0.05) is 25.5 Å². The monoisotopic (exact) mass is 323 g/mol. The molecule has 22 heavy (non-hydrogen) atoms. The molecule has 2 aromatic rings. The van der Waals surface area contributed by atoms with E-state index in [0.717, 1.165) is 24.2 Å². The Kier molecular flexibility index (Phi) is 8.28. The Bertz CT molecular complexity index is 552. The summed E-state index contributed by atoms with van der Waals surface area (Å²) in [6.07, 6.45) is 3.61. The van der Waals surface area contributed by atoms with Crippen molar-refractivity contribution in [1.29, 1.82) is 0 Å². The van der Waals surface area contributed by atoms with Crippen molar-refractivity contribution in [3.63, 3.8) is 0 Å². The first-order valence-corrected chi connectivity index (χ1v) is 6.83. The molecule has 0 unspecified atom stereocenters. The van der Waals surface area contributed by atoms with Gasteiger partial charge in [0.15, 0.2) is 11.5 Å². The normalized spacial score (nSPS) is 9.91. The van der Waals surface area contributed by atoms with Gasteiger partial charge in [-0.1, -0.05) is 12.1 Å². The van der Waals surface area contributed by atoms with Gasteiger partial charge in [-0.05, 0) is 29.3 Å². The molecule has 1 aromatic carbocycles. The first kappa shape index (κ1) is 18.2. The number of aliphatic hydroxyl groups is 1. The highest BCUT2D eigenvalue weighted by atomic mass is 35.5. The van der Waals surface area contributed by atoms with E-state index < -0.39 is 0 Å². The van der Waals surface area contributed by atoms with Crippen molar-refractivity contribution < 1.29 is 27.0 Å². The quantitative estimate of drug-likeness (QED) is 0.636. The highest BCUT2D eigenvalue weighted by Crippen LogP contribution is 2.27. The Hall–Kier alpha value is -1.82. The molecule has 0 saturated carbocycles. The lowest BCUT2D eigenvalue weighted by Gasteiger charge is -2.12. The summed E-state index contributed by atoms with van der Waals surface area (Å²) >= 11 is 0. The Balaban J connectivity index is 0.00000242. The van der Waals surface area contributed by atoms with Crippen molar-refractivity contribution in [2.24, 2.45) is 0 Å². The Morgan fingerprint density at radius 2 is 1.95 bits per heavy atom. The van der Waals surface area contributed by atoms with E-state index in [1.165, 1.54) is 0 Å². The molecular weight excluding hydrogens is 304 g/mol. The molecule has 0 radical (unpaired) electrons. The van der Waals surface area contributed by atoms with E-state index in [1.54, 1.807) is 13.3 Å². The molecule has 2 rings (SSSR count). The zero-order valence-electron chi connectivity index (χ0n) is 12.5. The van der Waals surface area contributed by atoms with Gasteiger partial charge in [0.2, 0.25) is 0 Å². The molecular formula is C16H20ClN2O3-.